The smallest absolute Gasteiger partial charge is 0.296 e. The first-order chi connectivity index (χ1) is 9.86. The number of fused-ring (bicyclic) bond motifs is 1. The first-order valence-corrected chi connectivity index (χ1v) is 6.56. The van der Waals surface area contributed by atoms with Gasteiger partial charge in [0.1, 0.15) is 5.69 Å². The van der Waals surface area contributed by atoms with Gasteiger partial charge in [-0.2, -0.15) is 0 Å². The maximum Gasteiger partial charge on any atom is 0.296 e. The number of nitro benzene ring substituents is 1. The minimum Gasteiger partial charge on any atom is -0.481 e. The number of ether oxygens (including phenoxy) is 1. The molecule has 1 aliphatic heterocycles. The van der Waals surface area contributed by atoms with Crippen molar-refractivity contribution in [3.63, 3.8) is 0 Å². The normalized spacial score (nSPS) is 16.2. The molecule has 1 aromatic carbocycles. The Morgan fingerprint density at radius 3 is 2.86 bits per heavy atom. The van der Waals surface area contributed by atoms with Gasteiger partial charge in [-0.05, 0) is 26.3 Å². The van der Waals surface area contributed by atoms with E-state index in [9.17, 15) is 20.0 Å². The van der Waals surface area contributed by atoms with Crippen molar-refractivity contribution >= 4 is 23.0 Å². The summed E-state index contributed by atoms with van der Waals surface area (Å²) in [6.07, 6.45) is -0.0795. The molecule has 1 heterocycles. The van der Waals surface area contributed by atoms with Crippen LogP contribution in [0.4, 0.5) is 17.1 Å². The molecule has 2 rings (SSSR count). The van der Waals surface area contributed by atoms with Gasteiger partial charge in [-0.3, -0.25) is 14.9 Å². The molecule has 8 heteroatoms. The molecule has 2 unspecified atom stereocenters. The van der Waals surface area contributed by atoms with Crippen molar-refractivity contribution in [1.82, 2.24) is 0 Å². The molecule has 0 spiro atoms. The number of carbonyl (C=O) groups excluding carboxylic acids is 1. The van der Waals surface area contributed by atoms with Crippen LogP contribution in [0.5, 0.6) is 5.75 Å². The lowest BCUT2D eigenvalue weighted by Gasteiger charge is -2.21. The van der Waals surface area contributed by atoms with E-state index in [1.54, 1.807) is 6.92 Å². The van der Waals surface area contributed by atoms with Gasteiger partial charge in [0.05, 0.1) is 22.8 Å². The van der Waals surface area contributed by atoms with Crippen LogP contribution in [0.15, 0.2) is 12.1 Å². The van der Waals surface area contributed by atoms with Crippen molar-refractivity contribution < 1.29 is 19.6 Å². The quantitative estimate of drug-likeness (QED) is 0.560. The molecule has 0 bridgehead atoms. The average Bonchev–Trinajstić information content (AvgIpc) is 2.36. The molecule has 0 aliphatic carbocycles. The fraction of sp³-hybridized carbons (Fsp3) is 0.462. The first-order valence-electron chi connectivity index (χ1n) is 6.56. The molecule has 3 N–H and O–H groups in total. The van der Waals surface area contributed by atoms with Crippen LogP contribution in [-0.2, 0) is 4.79 Å². The molecule has 0 radical (unpaired) electrons. The van der Waals surface area contributed by atoms with Gasteiger partial charge >= 0.3 is 0 Å². The topological polar surface area (TPSA) is 114 Å². The average molecular weight is 295 g/mol. The summed E-state index contributed by atoms with van der Waals surface area (Å²) >= 11 is 0. The van der Waals surface area contributed by atoms with Crippen LogP contribution in [0.2, 0.25) is 0 Å². The number of nitrogens with one attached hydrogen (secondary N) is 2. The van der Waals surface area contributed by atoms with Gasteiger partial charge in [-0.25, -0.2) is 0 Å². The Bertz CT molecular complexity index is 573. The summed E-state index contributed by atoms with van der Waals surface area (Å²) in [5.41, 5.74) is 0.531. The fourth-order valence-electron chi connectivity index (χ4n) is 2.22. The molecule has 1 aromatic rings. The lowest BCUT2D eigenvalue weighted by Crippen LogP contribution is -2.26. The summed E-state index contributed by atoms with van der Waals surface area (Å²) in [4.78, 5) is 21.9. The molecule has 0 fully saturated rings. The van der Waals surface area contributed by atoms with E-state index in [0.29, 0.717) is 12.1 Å². The van der Waals surface area contributed by atoms with Gasteiger partial charge < -0.3 is 20.5 Å². The zero-order valence-corrected chi connectivity index (χ0v) is 11.8. The number of benzene rings is 1. The number of carbonyl (C=O) groups is 1. The van der Waals surface area contributed by atoms with E-state index in [1.807, 2.05) is 6.92 Å². The van der Waals surface area contributed by atoms with E-state index < -0.39 is 11.0 Å². The van der Waals surface area contributed by atoms with Gasteiger partial charge in [-0.1, -0.05) is 0 Å². The van der Waals surface area contributed by atoms with Crippen LogP contribution in [0.1, 0.15) is 20.3 Å². The lowest BCUT2D eigenvalue weighted by molar-refractivity contribution is -0.384. The number of aliphatic hydroxyl groups excluding tert-OH is 1. The van der Waals surface area contributed by atoms with Gasteiger partial charge in [0.25, 0.3) is 11.6 Å². The third-order valence-electron chi connectivity index (χ3n) is 3.02. The number of hydrogen-bond donors (Lipinski definition) is 3. The molecule has 2 atom stereocenters. The Hall–Kier alpha value is -2.35. The van der Waals surface area contributed by atoms with Crippen molar-refractivity contribution in [1.29, 1.82) is 0 Å². The second kappa shape index (κ2) is 5.96. The summed E-state index contributed by atoms with van der Waals surface area (Å²) in [6.45, 7) is 3.30. The highest BCUT2D eigenvalue weighted by atomic mass is 16.6. The predicted octanol–water partition coefficient (Wildman–Crippen LogP) is 1.50. The first kappa shape index (κ1) is 15.0. The van der Waals surface area contributed by atoms with Gasteiger partial charge in [0, 0.05) is 6.04 Å². The molecular formula is C13H17N3O5. The molecule has 21 heavy (non-hydrogen) atoms. The highest BCUT2D eigenvalue weighted by Crippen LogP contribution is 2.38. The number of amides is 1. The van der Waals surface area contributed by atoms with Crippen molar-refractivity contribution in [2.24, 2.45) is 0 Å². The van der Waals surface area contributed by atoms with Crippen LogP contribution in [-0.4, -0.2) is 34.7 Å². The summed E-state index contributed by atoms with van der Waals surface area (Å²) in [5.74, 6) is -0.0330. The highest BCUT2D eigenvalue weighted by molar-refractivity contribution is 5.96. The van der Waals surface area contributed by atoms with Crippen molar-refractivity contribution in [3.8, 4) is 5.75 Å². The van der Waals surface area contributed by atoms with Gasteiger partial charge in [-0.15, -0.1) is 0 Å². The van der Waals surface area contributed by atoms with Crippen LogP contribution < -0.4 is 15.4 Å². The predicted molar refractivity (Wildman–Crippen MR) is 76.6 cm³/mol. The molecular weight excluding hydrogens is 278 g/mol. The molecule has 8 nitrogen and oxygen atoms in total. The SMILES string of the molecule is CC(O)CC(C)Nc1cc2c(cc1[N+](=O)[O-])OCC(=O)N2. The molecule has 1 amide bonds. The number of nitrogens with zero attached hydrogens (tertiary/aromatic N) is 1. The Morgan fingerprint density at radius 1 is 1.52 bits per heavy atom. The van der Waals surface area contributed by atoms with Crippen LogP contribution in [0, 0.1) is 10.1 Å². The summed E-state index contributed by atoms with van der Waals surface area (Å²) in [5, 5.41) is 26.1. The largest absolute Gasteiger partial charge is 0.481 e. The second-order valence-electron chi connectivity index (χ2n) is 5.09. The second-order valence-corrected chi connectivity index (χ2v) is 5.09. The van der Waals surface area contributed by atoms with Crippen molar-refractivity contribution in [2.75, 3.05) is 17.2 Å². The third-order valence-corrected chi connectivity index (χ3v) is 3.02. The summed E-state index contributed by atoms with van der Waals surface area (Å²) < 4.78 is 5.17. The number of hydrogen-bond acceptors (Lipinski definition) is 6. The maximum atomic E-state index is 11.3. The number of anilines is 2. The number of aliphatic hydroxyl groups is 1. The monoisotopic (exact) mass is 295 g/mol. The minimum atomic E-state index is -0.521. The number of rotatable bonds is 5. The Kier molecular flexibility index (Phi) is 4.27. The standard InChI is InChI=1S/C13H17N3O5/c1-7(3-8(2)17)14-9-4-10-12(5-11(9)16(19)20)21-6-13(18)15-10/h4-5,7-8,14,17H,3,6H2,1-2H3,(H,15,18). The van der Waals surface area contributed by atoms with E-state index in [4.69, 9.17) is 4.74 Å². The van der Waals surface area contributed by atoms with Crippen molar-refractivity contribution in [2.45, 2.75) is 32.4 Å². The van der Waals surface area contributed by atoms with Gasteiger partial charge in [0.15, 0.2) is 12.4 Å². The van der Waals surface area contributed by atoms with E-state index in [-0.39, 0.29) is 35.7 Å². The maximum absolute atomic E-state index is 11.3. The van der Waals surface area contributed by atoms with E-state index in [2.05, 4.69) is 10.6 Å². The third kappa shape index (κ3) is 3.60. The lowest BCUT2D eigenvalue weighted by atomic mass is 10.1. The Balaban J connectivity index is 2.32. The highest BCUT2D eigenvalue weighted by Gasteiger charge is 2.24. The zero-order chi connectivity index (χ0) is 15.6. The molecule has 0 aromatic heterocycles. The van der Waals surface area contributed by atoms with E-state index >= 15 is 0 Å². The number of nitro groups is 1. The molecule has 1 aliphatic rings. The molecule has 114 valence electrons. The van der Waals surface area contributed by atoms with E-state index in [1.165, 1.54) is 12.1 Å². The zero-order valence-electron chi connectivity index (χ0n) is 11.8. The van der Waals surface area contributed by atoms with Crippen molar-refractivity contribution in [3.05, 3.63) is 22.2 Å². The Labute approximate surface area is 121 Å². The summed E-state index contributed by atoms with van der Waals surface area (Å²) in [6, 6.07) is 2.59. The Morgan fingerprint density at radius 2 is 2.24 bits per heavy atom. The van der Waals surface area contributed by atoms with Crippen LogP contribution >= 0.6 is 0 Å². The van der Waals surface area contributed by atoms with Crippen LogP contribution in [0.25, 0.3) is 0 Å². The fourth-order valence-corrected chi connectivity index (χ4v) is 2.22. The summed E-state index contributed by atoms with van der Waals surface area (Å²) in [7, 11) is 0. The van der Waals surface area contributed by atoms with E-state index in [0.717, 1.165) is 0 Å². The van der Waals surface area contributed by atoms with Gasteiger partial charge in [0.2, 0.25) is 0 Å². The van der Waals surface area contributed by atoms with Crippen LogP contribution in [0.3, 0.4) is 0 Å². The molecule has 0 saturated carbocycles. The minimum absolute atomic E-state index is 0.137. The molecule has 0 saturated heterocycles.